The largest absolute Gasteiger partial charge is 0.493 e. The van der Waals surface area contributed by atoms with E-state index in [1.807, 2.05) is 103 Å². The van der Waals surface area contributed by atoms with Crippen molar-refractivity contribution in [2.75, 3.05) is 13.2 Å². The third-order valence-electron chi connectivity index (χ3n) is 9.04. The quantitative estimate of drug-likeness (QED) is 0.0409. The van der Waals surface area contributed by atoms with E-state index < -0.39 is 49.7 Å². The first-order valence-electron chi connectivity index (χ1n) is 17.3. The van der Waals surface area contributed by atoms with Gasteiger partial charge >= 0.3 is 5.69 Å². The standard InChI is InChI=1S/C41H46N3O8P/c1-4-6-8-13-25-49-33-21-17-31(18-22-33)41(30-15-11-10-12-16-30,32-19-23-34(24-20-32)50-26-14-9-7-5-2)38(52-53(42)48)37-35(45)27-36(51-37)44-28-29(3)39(46)43-40(44)47/h4-12,15-24,28,35-38,45,48H,1-2,13-14,25-27,42H2,3H3,(H,43,46,47)/t35-,36+,37-,38?,41?,53?/m0/s1. The zero-order chi connectivity index (χ0) is 37.8. The van der Waals surface area contributed by atoms with Gasteiger partial charge in [-0.1, -0.05) is 104 Å². The number of nitrogens with two attached hydrogens (primary N) is 1. The molecule has 278 valence electrons. The maximum absolute atomic E-state index is 12.9. The molecule has 1 aliphatic rings. The van der Waals surface area contributed by atoms with Crippen molar-refractivity contribution in [3.8, 4) is 11.5 Å². The Balaban J connectivity index is 1.65. The van der Waals surface area contributed by atoms with E-state index in [2.05, 4.69) is 18.1 Å². The summed E-state index contributed by atoms with van der Waals surface area (Å²) in [7, 11) is -2.52. The van der Waals surface area contributed by atoms with Gasteiger partial charge in [-0.15, -0.1) is 0 Å². The summed E-state index contributed by atoms with van der Waals surface area (Å²) in [5, 5.41) is 11.8. The van der Waals surface area contributed by atoms with Crippen molar-refractivity contribution in [3.63, 3.8) is 0 Å². The second kappa shape index (κ2) is 18.8. The Morgan fingerprint density at radius 3 is 1.96 bits per heavy atom. The fraction of sp³-hybridized carbons (Fsp3) is 0.268. The Kier molecular flexibility index (Phi) is 13.9. The molecule has 5 N–H and O–H groups in total. The molecule has 0 aliphatic carbocycles. The Labute approximate surface area is 310 Å². The van der Waals surface area contributed by atoms with Crippen LogP contribution in [-0.4, -0.2) is 51.1 Å². The number of nitrogens with zero attached hydrogens (tertiary/aromatic N) is 1. The van der Waals surface area contributed by atoms with Gasteiger partial charge < -0.3 is 28.7 Å². The second-order valence-electron chi connectivity index (χ2n) is 12.5. The van der Waals surface area contributed by atoms with Crippen molar-refractivity contribution < 1.29 is 28.7 Å². The fourth-order valence-electron chi connectivity index (χ4n) is 6.62. The molecule has 5 atom stereocenters. The molecule has 1 aliphatic heterocycles. The van der Waals surface area contributed by atoms with Crippen LogP contribution in [0.1, 0.15) is 47.7 Å². The monoisotopic (exact) mass is 739 g/mol. The van der Waals surface area contributed by atoms with Crippen molar-refractivity contribution in [1.82, 2.24) is 9.55 Å². The van der Waals surface area contributed by atoms with E-state index >= 15 is 0 Å². The van der Waals surface area contributed by atoms with Gasteiger partial charge in [0.2, 0.25) is 0 Å². The van der Waals surface area contributed by atoms with Gasteiger partial charge in [-0.3, -0.25) is 19.8 Å². The van der Waals surface area contributed by atoms with Crippen LogP contribution in [0.2, 0.25) is 0 Å². The van der Waals surface area contributed by atoms with Crippen LogP contribution in [0.15, 0.2) is 144 Å². The van der Waals surface area contributed by atoms with E-state index in [4.69, 9.17) is 24.2 Å². The van der Waals surface area contributed by atoms with E-state index in [1.165, 1.54) is 10.8 Å². The number of aromatic amines is 1. The van der Waals surface area contributed by atoms with Crippen LogP contribution >= 0.6 is 8.53 Å². The summed E-state index contributed by atoms with van der Waals surface area (Å²) in [6.45, 7) is 9.89. The molecule has 4 aromatic rings. The molecule has 0 bridgehead atoms. The summed E-state index contributed by atoms with van der Waals surface area (Å²) in [6.07, 6.45) is 9.46. The van der Waals surface area contributed by atoms with Crippen LogP contribution in [-0.2, 0) is 14.7 Å². The topological polar surface area (TPSA) is 158 Å². The van der Waals surface area contributed by atoms with E-state index in [0.29, 0.717) is 43.1 Å². The lowest BCUT2D eigenvalue weighted by atomic mass is 9.64. The van der Waals surface area contributed by atoms with Crippen LogP contribution < -0.4 is 26.2 Å². The number of hydrogen-bond acceptors (Lipinski definition) is 9. The third kappa shape index (κ3) is 9.39. The Bertz CT molecular complexity index is 1910. The lowest BCUT2D eigenvalue weighted by molar-refractivity contribution is -0.0879. The minimum atomic E-state index is -2.52. The molecular formula is C41H46N3O8P. The maximum Gasteiger partial charge on any atom is 0.330 e. The first kappa shape index (κ1) is 39.3. The van der Waals surface area contributed by atoms with Crippen LogP contribution in [0.4, 0.5) is 0 Å². The van der Waals surface area contributed by atoms with Crippen molar-refractivity contribution in [1.29, 1.82) is 0 Å². The molecule has 0 amide bonds. The summed E-state index contributed by atoms with van der Waals surface area (Å²) in [5.74, 6) is 1.28. The maximum atomic E-state index is 12.9. The minimum Gasteiger partial charge on any atom is -0.493 e. The number of aliphatic hydroxyl groups is 1. The molecule has 53 heavy (non-hydrogen) atoms. The van der Waals surface area contributed by atoms with Crippen molar-refractivity contribution in [2.45, 2.75) is 56.1 Å². The van der Waals surface area contributed by atoms with Gasteiger partial charge in [-0.2, -0.15) is 0 Å². The number of H-pyrrole nitrogens is 1. The Morgan fingerprint density at radius 2 is 1.45 bits per heavy atom. The molecule has 1 aromatic heterocycles. The van der Waals surface area contributed by atoms with Gasteiger partial charge in [0.1, 0.15) is 29.9 Å². The zero-order valence-corrected chi connectivity index (χ0v) is 30.5. The summed E-state index contributed by atoms with van der Waals surface area (Å²) in [6, 6.07) is 24.7. The molecule has 5 rings (SSSR count). The van der Waals surface area contributed by atoms with E-state index in [0.717, 1.165) is 16.7 Å². The second-order valence-corrected chi connectivity index (χ2v) is 13.3. The minimum absolute atomic E-state index is 0.00509. The molecule has 0 radical (unpaired) electrons. The highest BCUT2D eigenvalue weighted by Crippen LogP contribution is 2.51. The Hall–Kier alpha value is -4.87. The van der Waals surface area contributed by atoms with Crippen molar-refractivity contribution in [2.24, 2.45) is 5.50 Å². The molecule has 12 heteroatoms. The molecule has 2 unspecified atom stereocenters. The van der Waals surface area contributed by atoms with E-state index in [-0.39, 0.29) is 6.42 Å². The predicted molar refractivity (Wildman–Crippen MR) is 207 cm³/mol. The molecule has 0 spiro atoms. The van der Waals surface area contributed by atoms with Gasteiger partial charge in [-0.05, 0) is 60.7 Å². The molecule has 3 aromatic carbocycles. The first-order valence-corrected chi connectivity index (χ1v) is 18.6. The lowest BCUT2D eigenvalue weighted by Crippen LogP contribution is -2.52. The fourth-order valence-corrected chi connectivity index (χ4v) is 7.13. The van der Waals surface area contributed by atoms with Gasteiger partial charge in [0.25, 0.3) is 14.1 Å². The highest BCUT2D eigenvalue weighted by atomic mass is 31.2. The van der Waals surface area contributed by atoms with Gasteiger partial charge in [0, 0.05) is 18.2 Å². The SMILES string of the molecule is C=CC=CCCOc1ccc(C(c2ccccc2)(c2ccc(OCCC=CC=C)cc2)C(OP(N)O)[C@H]2O[C@@H](n3cc(C)c(=O)[nH]c3=O)C[C@@H]2O)cc1. The third-order valence-corrected chi connectivity index (χ3v) is 9.48. The number of ether oxygens (including phenoxy) is 3. The van der Waals surface area contributed by atoms with Gasteiger partial charge in [0.05, 0.1) is 24.7 Å². The number of allylic oxidation sites excluding steroid dienone is 4. The van der Waals surface area contributed by atoms with E-state index in [9.17, 15) is 19.6 Å². The predicted octanol–water partition coefficient (Wildman–Crippen LogP) is 6.11. The average molecular weight is 740 g/mol. The number of benzene rings is 3. The van der Waals surface area contributed by atoms with Crippen LogP contribution in [0.25, 0.3) is 0 Å². The number of hydrogen-bond donors (Lipinski definition) is 4. The Morgan fingerprint density at radius 1 is 0.925 bits per heavy atom. The van der Waals surface area contributed by atoms with Crippen molar-refractivity contribution in [3.05, 3.63) is 178 Å². The van der Waals surface area contributed by atoms with Gasteiger partial charge in [0.15, 0.2) is 0 Å². The normalized spacial score (nSPS) is 19.5. The van der Waals surface area contributed by atoms with Crippen LogP contribution in [0.5, 0.6) is 11.5 Å². The van der Waals surface area contributed by atoms with E-state index in [1.54, 1.807) is 19.1 Å². The number of aryl methyl sites for hydroxylation is 1. The smallest absolute Gasteiger partial charge is 0.330 e. The summed E-state index contributed by atoms with van der Waals surface area (Å²) < 4.78 is 26.1. The number of aliphatic hydroxyl groups excluding tert-OH is 1. The summed E-state index contributed by atoms with van der Waals surface area (Å²) in [4.78, 5) is 38.2. The molecule has 1 saturated heterocycles. The first-order chi connectivity index (χ1) is 25.7. The number of rotatable bonds is 18. The molecule has 11 nitrogen and oxygen atoms in total. The lowest BCUT2D eigenvalue weighted by Gasteiger charge is -2.45. The molecular weight excluding hydrogens is 693 g/mol. The zero-order valence-electron chi connectivity index (χ0n) is 29.6. The van der Waals surface area contributed by atoms with Gasteiger partial charge in [-0.25, -0.2) is 4.79 Å². The highest BCUT2D eigenvalue weighted by molar-refractivity contribution is 7.43. The molecule has 2 heterocycles. The van der Waals surface area contributed by atoms with Crippen LogP contribution in [0.3, 0.4) is 0 Å². The van der Waals surface area contributed by atoms with Crippen molar-refractivity contribution >= 4 is 8.53 Å². The molecule has 1 fully saturated rings. The number of aromatic nitrogens is 2. The average Bonchev–Trinajstić information content (AvgIpc) is 3.54. The summed E-state index contributed by atoms with van der Waals surface area (Å²) >= 11 is 0. The number of nitrogens with one attached hydrogen (secondary N) is 1. The summed E-state index contributed by atoms with van der Waals surface area (Å²) in [5.41, 5.74) is 6.12. The molecule has 0 saturated carbocycles. The highest BCUT2D eigenvalue weighted by Gasteiger charge is 2.54. The van der Waals surface area contributed by atoms with Crippen LogP contribution in [0, 0.1) is 6.92 Å².